The minimum absolute atomic E-state index is 0.0358. The van der Waals surface area contributed by atoms with Crippen LogP contribution in [0.5, 0.6) is 0 Å². The number of aliphatic hydroxyl groups excluding tert-OH is 1. The van der Waals surface area contributed by atoms with E-state index in [1.807, 2.05) is 0 Å². The van der Waals surface area contributed by atoms with Crippen molar-refractivity contribution in [3.63, 3.8) is 0 Å². The Morgan fingerprint density at radius 3 is 2.57 bits per heavy atom. The molecule has 1 aliphatic carbocycles. The summed E-state index contributed by atoms with van der Waals surface area (Å²) in [6.07, 6.45) is 3.36. The van der Waals surface area contributed by atoms with Gasteiger partial charge in [-0.2, -0.15) is 0 Å². The van der Waals surface area contributed by atoms with E-state index in [2.05, 4.69) is 27.7 Å². The SMILES string of the molecule is CCCC(C)COC1CC(O)C1(C)C. The van der Waals surface area contributed by atoms with Crippen LogP contribution < -0.4 is 0 Å². The number of rotatable bonds is 5. The van der Waals surface area contributed by atoms with E-state index in [4.69, 9.17) is 4.74 Å². The predicted octanol–water partition coefficient (Wildman–Crippen LogP) is 2.60. The summed E-state index contributed by atoms with van der Waals surface area (Å²) in [4.78, 5) is 0. The summed E-state index contributed by atoms with van der Waals surface area (Å²) in [6, 6.07) is 0. The van der Waals surface area contributed by atoms with Crippen molar-refractivity contribution in [2.75, 3.05) is 6.61 Å². The van der Waals surface area contributed by atoms with Gasteiger partial charge in [0.1, 0.15) is 0 Å². The van der Waals surface area contributed by atoms with Gasteiger partial charge in [0.25, 0.3) is 0 Å². The second-order valence-corrected chi connectivity index (χ2v) is 5.29. The van der Waals surface area contributed by atoms with Crippen molar-refractivity contribution >= 4 is 0 Å². The maximum absolute atomic E-state index is 9.53. The van der Waals surface area contributed by atoms with E-state index >= 15 is 0 Å². The van der Waals surface area contributed by atoms with Crippen LogP contribution in [-0.2, 0) is 4.74 Å². The first-order valence-corrected chi connectivity index (χ1v) is 5.78. The molecular formula is C12H24O2. The van der Waals surface area contributed by atoms with E-state index in [0.717, 1.165) is 13.0 Å². The standard InChI is InChI=1S/C12H24O2/c1-5-6-9(2)8-14-11-7-10(13)12(11,3)4/h9-11,13H,5-8H2,1-4H3. The minimum Gasteiger partial charge on any atom is -0.392 e. The van der Waals surface area contributed by atoms with Gasteiger partial charge in [-0.25, -0.2) is 0 Å². The van der Waals surface area contributed by atoms with Crippen LogP contribution in [0.1, 0.15) is 47.0 Å². The Bertz CT molecular complexity index is 177. The van der Waals surface area contributed by atoms with E-state index < -0.39 is 0 Å². The summed E-state index contributed by atoms with van der Waals surface area (Å²) in [5, 5.41) is 9.53. The summed E-state index contributed by atoms with van der Waals surface area (Å²) in [6.45, 7) is 9.43. The van der Waals surface area contributed by atoms with E-state index in [-0.39, 0.29) is 17.6 Å². The number of ether oxygens (including phenoxy) is 1. The lowest BCUT2D eigenvalue weighted by atomic mass is 9.66. The predicted molar refractivity (Wildman–Crippen MR) is 58.2 cm³/mol. The fourth-order valence-corrected chi connectivity index (χ4v) is 2.00. The number of hydrogen-bond acceptors (Lipinski definition) is 2. The zero-order valence-corrected chi connectivity index (χ0v) is 9.92. The van der Waals surface area contributed by atoms with Gasteiger partial charge < -0.3 is 9.84 Å². The lowest BCUT2D eigenvalue weighted by Gasteiger charge is -2.48. The molecule has 3 atom stereocenters. The first-order chi connectivity index (χ1) is 6.48. The van der Waals surface area contributed by atoms with Gasteiger partial charge in [-0.05, 0) is 12.3 Å². The highest BCUT2D eigenvalue weighted by atomic mass is 16.5. The van der Waals surface area contributed by atoms with Crippen LogP contribution in [0, 0.1) is 11.3 Å². The first kappa shape index (κ1) is 12.0. The molecule has 1 N–H and O–H groups in total. The third kappa shape index (κ3) is 2.48. The molecule has 0 radical (unpaired) electrons. The van der Waals surface area contributed by atoms with Gasteiger partial charge in [-0.1, -0.05) is 34.1 Å². The average molecular weight is 200 g/mol. The van der Waals surface area contributed by atoms with Gasteiger partial charge in [0.2, 0.25) is 0 Å². The highest BCUT2D eigenvalue weighted by molar-refractivity contribution is 4.98. The smallest absolute Gasteiger partial charge is 0.0675 e. The van der Waals surface area contributed by atoms with E-state index in [0.29, 0.717) is 5.92 Å². The Morgan fingerprint density at radius 1 is 1.50 bits per heavy atom. The topological polar surface area (TPSA) is 29.5 Å². The maximum atomic E-state index is 9.53. The zero-order chi connectivity index (χ0) is 10.8. The van der Waals surface area contributed by atoms with Crippen LogP contribution >= 0.6 is 0 Å². The van der Waals surface area contributed by atoms with Crippen LogP contribution in [0.2, 0.25) is 0 Å². The molecule has 3 unspecified atom stereocenters. The second kappa shape index (κ2) is 4.63. The lowest BCUT2D eigenvalue weighted by molar-refractivity contribution is -0.179. The Kier molecular flexibility index (Phi) is 3.96. The highest BCUT2D eigenvalue weighted by Gasteiger charge is 2.48. The molecule has 84 valence electrons. The van der Waals surface area contributed by atoms with Crippen LogP contribution in [-0.4, -0.2) is 23.9 Å². The normalized spacial score (nSPS) is 32.4. The molecule has 2 heteroatoms. The Labute approximate surface area is 87.7 Å². The van der Waals surface area contributed by atoms with Crippen molar-refractivity contribution in [2.24, 2.45) is 11.3 Å². The van der Waals surface area contributed by atoms with Gasteiger partial charge >= 0.3 is 0 Å². The molecule has 14 heavy (non-hydrogen) atoms. The maximum Gasteiger partial charge on any atom is 0.0675 e. The molecule has 2 nitrogen and oxygen atoms in total. The van der Waals surface area contributed by atoms with Crippen LogP contribution in [0.15, 0.2) is 0 Å². The summed E-state index contributed by atoms with van der Waals surface area (Å²) >= 11 is 0. The largest absolute Gasteiger partial charge is 0.392 e. The molecule has 0 aromatic carbocycles. The Balaban J connectivity index is 2.20. The quantitative estimate of drug-likeness (QED) is 0.739. The minimum atomic E-state index is -0.172. The zero-order valence-electron chi connectivity index (χ0n) is 9.92. The molecule has 0 bridgehead atoms. The van der Waals surface area contributed by atoms with Crippen molar-refractivity contribution in [1.29, 1.82) is 0 Å². The van der Waals surface area contributed by atoms with Gasteiger partial charge in [-0.3, -0.25) is 0 Å². The fraction of sp³-hybridized carbons (Fsp3) is 1.00. The van der Waals surface area contributed by atoms with E-state index in [1.54, 1.807) is 0 Å². The summed E-state index contributed by atoms with van der Waals surface area (Å²) < 4.78 is 5.82. The summed E-state index contributed by atoms with van der Waals surface area (Å²) in [5.74, 6) is 0.647. The Hall–Kier alpha value is -0.0800. The molecule has 0 saturated heterocycles. The van der Waals surface area contributed by atoms with Crippen molar-refractivity contribution in [2.45, 2.75) is 59.2 Å². The second-order valence-electron chi connectivity index (χ2n) is 5.29. The van der Waals surface area contributed by atoms with Crippen molar-refractivity contribution < 1.29 is 9.84 Å². The molecule has 0 aromatic rings. The fourth-order valence-electron chi connectivity index (χ4n) is 2.00. The van der Waals surface area contributed by atoms with Gasteiger partial charge in [0.05, 0.1) is 12.2 Å². The third-order valence-corrected chi connectivity index (χ3v) is 3.49. The molecule has 0 aliphatic heterocycles. The van der Waals surface area contributed by atoms with Crippen molar-refractivity contribution in [1.82, 2.24) is 0 Å². The first-order valence-electron chi connectivity index (χ1n) is 5.78. The average Bonchev–Trinajstić information content (AvgIpc) is 2.12. The molecule has 1 fully saturated rings. The van der Waals surface area contributed by atoms with Crippen LogP contribution in [0.4, 0.5) is 0 Å². The molecule has 1 rings (SSSR count). The van der Waals surface area contributed by atoms with Crippen LogP contribution in [0.3, 0.4) is 0 Å². The van der Waals surface area contributed by atoms with Gasteiger partial charge in [0.15, 0.2) is 0 Å². The molecule has 1 saturated carbocycles. The number of aliphatic hydroxyl groups is 1. The molecule has 0 aromatic heterocycles. The highest BCUT2D eigenvalue weighted by Crippen LogP contribution is 2.42. The van der Waals surface area contributed by atoms with E-state index in [9.17, 15) is 5.11 Å². The summed E-state index contributed by atoms with van der Waals surface area (Å²) in [5.41, 5.74) is -0.0358. The molecular weight excluding hydrogens is 176 g/mol. The van der Waals surface area contributed by atoms with Crippen molar-refractivity contribution in [3.8, 4) is 0 Å². The summed E-state index contributed by atoms with van der Waals surface area (Å²) in [7, 11) is 0. The van der Waals surface area contributed by atoms with Gasteiger partial charge in [-0.15, -0.1) is 0 Å². The number of hydrogen-bond donors (Lipinski definition) is 1. The molecule has 0 amide bonds. The molecule has 0 heterocycles. The van der Waals surface area contributed by atoms with E-state index in [1.165, 1.54) is 12.8 Å². The molecule has 1 aliphatic rings. The van der Waals surface area contributed by atoms with Crippen LogP contribution in [0.25, 0.3) is 0 Å². The Morgan fingerprint density at radius 2 is 2.14 bits per heavy atom. The lowest BCUT2D eigenvalue weighted by Crippen LogP contribution is -2.54. The van der Waals surface area contributed by atoms with Gasteiger partial charge in [0, 0.05) is 18.4 Å². The molecule has 0 spiro atoms. The third-order valence-electron chi connectivity index (χ3n) is 3.49. The van der Waals surface area contributed by atoms with Crippen molar-refractivity contribution in [3.05, 3.63) is 0 Å². The monoisotopic (exact) mass is 200 g/mol.